The summed E-state index contributed by atoms with van der Waals surface area (Å²) < 4.78 is 38.0. The van der Waals surface area contributed by atoms with Crippen LogP contribution < -0.4 is 4.90 Å². The average Bonchev–Trinajstić information content (AvgIpc) is 3.07. The Kier molecular flexibility index (Phi) is 4.99. The molecule has 0 bridgehead atoms. The van der Waals surface area contributed by atoms with Crippen molar-refractivity contribution in [3.8, 4) is 0 Å². The van der Waals surface area contributed by atoms with E-state index in [2.05, 4.69) is 4.98 Å². The van der Waals surface area contributed by atoms with Gasteiger partial charge in [0.1, 0.15) is 4.88 Å². The third kappa shape index (κ3) is 4.31. The third-order valence-corrected chi connectivity index (χ3v) is 5.25. The zero-order chi connectivity index (χ0) is 18.0. The second-order valence-electron chi connectivity index (χ2n) is 6.04. The van der Waals surface area contributed by atoms with Crippen molar-refractivity contribution in [3.05, 3.63) is 46.5 Å². The number of alkyl halides is 3. The molecule has 0 atom stereocenters. The first-order valence-electron chi connectivity index (χ1n) is 7.94. The summed E-state index contributed by atoms with van der Waals surface area (Å²) in [5.74, 6) is 0.0404. The maximum atomic E-state index is 12.7. The van der Waals surface area contributed by atoms with Gasteiger partial charge in [0.2, 0.25) is 5.91 Å². The van der Waals surface area contributed by atoms with Gasteiger partial charge in [0, 0.05) is 26.2 Å². The average molecular weight is 369 g/mol. The highest BCUT2D eigenvalue weighted by atomic mass is 32.1. The SMILES string of the molecule is Cc1ccc(CC(=O)N2CCN(c3ncc(C(F)(F)F)s3)CC2)cc1. The normalized spacial score (nSPS) is 15.5. The van der Waals surface area contributed by atoms with Crippen LogP contribution in [0.2, 0.25) is 0 Å². The Hall–Kier alpha value is -2.09. The molecule has 1 amide bonds. The zero-order valence-electron chi connectivity index (χ0n) is 13.7. The minimum atomic E-state index is -4.36. The summed E-state index contributed by atoms with van der Waals surface area (Å²) in [6.07, 6.45) is -3.15. The quantitative estimate of drug-likeness (QED) is 0.832. The van der Waals surface area contributed by atoms with E-state index in [1.165, 1.54) is 0 Å². The Balaban J connectivity index is 1.55. The van der Waals surface area contributed by atoms with Crippen LogP contribution in [-0.2, 0) is 17.4 Å². The number of hydrogen-bond acceptors (Lipinski definition) is 4. The number of thiazole rings is 1. The molecule has 1 aliphatic rings. The number of carbonyl (C=O) groups is 1. The van der Waals surface area contributed by atoms with Crippen molar-refractivity contribution in [2.45, 2.75) is 19.5 Å². The van der Waals surface area contributed by atoms with E-state index in [0.717, 1.165) is 17.3 Å². The van der Waals surface area contributed by atoms with Crippen molar-refractivity contribution in [2.75, 3.05) is 31.1 Å². The second-order valence-corrected chi connectivity index (χ2v) is 7.04. The molecule has 2 heterocycles. The lowest BCUT2D eigenvalue weighted by Gasteiger charge is -2.34. The molecule has 0 radical (unpaired) electrons. The molecule has 1 aliphatic heterocycles. The molecule has 0 N–H and O–H groups in total. The lowest BCUT2D eigenvalue weighted by atomic mass is 10.1. The number of piperazine rings is 1. The molecule has 0 aliphatic carbocycles. The van der Waals surface area contributed by atoms with Crippen LogP contribution in [0.3, 0.4) is 0 Å². The van der Waals surface area contributed by atoms with Gasteiger partial charge in [0.05, 0.1) is 12.6 Å². The first-order chi connectivity index (χ1) is 11.8. The van der Waals surface area contributed by atoms with E-state index in [-0.39, 0.29) is 5.91 Å². The van der Waals surface area contributed by atoms with Crippen LogP contribution in [0.4, 0.5) is 18.3 Å². The van der Waals surface area contributed by atoms with Crippen LogP contribution in [0, 0.1) is 6.92 Å². The fourth-order valence-corrected chi connectivity index (χ4v) is 3.52. The first kappa shape index (κ1) is 17.7. The van der Waals surface area contributed by atoms with Gasteiger partial charge in [0.15, 0.2) is 5.13 Å². The van der Waals surface area contributed by atoms with E-state index in [0.29, 0.717) is 49.1 Å². The van der Waals surface area contributed by atoms with Gasteiger partial charge in [-0.2, -0.15) is 13.2 Å². The van der Waals surface area contributed by atoms with E-state index in [1.54, 1.807) is 9.80 Å². The molecular weight excluding hydrogens is 351 g/mol. The molecule has 1 fully saturated rings. The predicted octanol–water partition coefficient (Wildman–Crippen LogP) is 3.36. The summed E-state index contributed by atoms with van der Waals surface area (Å²) in [4.78, 5) is 19.1. The summed E-state index contributed by atoms with van der Waals surface area (Å²) in [6, 6.07) is 7.83. The summed E-state index contributed by atoms with van der Waals surface area (Å²) in [5.41, 5.74) is 2.11. The molecule has 2 aromatic rings. The van der Waals surface area contributed by atoms with Crippen molar-refractivity contribution in [2.24, 2.45) is 0 Å². The highest BCUT2D eigenvalue weighted by molar-refractivity contribution is 7.15. The van der Waals surface area contributed by atoms with Crippen molar-refractivity contribution in [1.82, 2.24) is 9.88 Å². The molecule has 8 heteroatoms. The van der Waals surface area contributed by atoms with Crippen molar-refractivity contribution < 1.29 is 18.0 Å². The van der Waals surface area contributed by atoms with Gasteiger partial charge >= 0.3 is 6.18 Å². The van der Waals surface area contributed by atoms with Crippen LogP contribution in [0.5, 0.6) is 0 Å². The second kappa shape index (κ2) is 7.03. The number of rotatable bonds is 3. The topological polar surface area (TPSA) is 36.4 Å². The van der Waals surface area contributed by atoms with Crippen LogP contribution in [0.25, 0.3) is 0 Å². The molecule has 1 saturated heterocycles. The Morgan fingerprint density at radius 3 is 2.36 bits per heavy atom. The van der Waals surface area contributed by atoms with Crippen molar-refractivity contribution in [3.63, 3.8) is 0 Å². The van der Waals surface area contributed by atoms with Crippen LogP contribution >= 0.6 is 11.3 Å². The number of benzene rings is 1. The minimum Gasteiger partial charge on any atom is -0.345 e. The van der Waals surface area contributed by atoms with E-state index in [1.807, 2.05) is 31.2 Å². The molecule has 1 aromatic heterocycles. The number of halogens is 3. The van der Waals surface area contributed by atoms with E-state index in [9.17, 15) is 18.0 Å². The van der Waals surface area contributed by atoms with Crippen molar-refractivity contribution in [1.29, 1.82) is 0 Å². The highest BCUT2D eigenvalue weighted by Crippen LogP contribution is 2.36. The molecule has 0 spiro atoms. The monoisotopic (exact) mass is 369 g/mol. The first-order valence-corrected chi connectivity index (χ1v) is 8.76. The number of carbonyl (C=O) groups excluding carboxylic acids is 1. The predicted molar refractivity (Wildman–Crippen MR) is 90.8 cm³/mol. The van der Waals surface area contributed by atoms with Crippen LogP contribution in [-0.4, -0.2) is 42.0 Å². The number of hydrogen-bond donors (Lipinski definition) is 0. The molecular formula is C17H18F3N3OS. The largest absolute Gasteiger partial charge is 0.427 e. The van der Waals surface area contributed by atoms with Gasteiger partial charge in [-0.25, -0.2) is 4.98 Å². The molecule has 4 nitrogen and oxygen atoms in total. The molecule has 3 rings (SSSR count). The molecule has 25 heavy (non-hydrogen) atoms. The van der Waals surface area contributed by atoms with Gasteiger partial charge in [-0.15, -0.1) is 0 Å². The minimum absolute atomic E-state index is 0.0404. The highest BCUT2D eigenvalue weighted by Gasteiger charge is 2.34. The smallest absolute Gasteiger partial charge is 0.345 e. The molecule has 0 unspecified atom stereocenters. The number of anilines is 1. The van der Waals surface area contributed by atoms with E-state index in [4.69, 9.17) is 0 Å². The van der Waals surface area contributed by atoms with Crippen molar-refractivity contribution >= 4 is 22.4 Å². The summed E-state index contributed by atoms with van der Waals surface area (Å²) in [5, 5.41) is 0.359. The Bertz CT molecular complexity index is 734. The molecule has 134 valence electrons. The lowest BCUT2D eigenvalue weighted by Crippen LogP contribution is -2.49. The molecule has 1 aromatic carbocycles. The van der Waals surface area contributed by atoms with Crippen LogP contribution in [0.1, 0.15) is 16.0 Å². The lowest BCUT2D eigenvalue weighted by molar-refractivity contribution is -0.134. The summed E-state index contributed by atoms with van der Waals surface area (Å²) in [7, 11) is 0. The number of aromatic nitrogens is 1. The van der Waals surface area contributed by atoms with Crippen LogP contribution in [0.15, 0.2) is 30.5 Å². The number of nitrogens with zero attached hydrogens (tertiary/aromatic N) is 3. The number of aryl methyl sites for hydroxylation is 1. The van der Waals surface area contributed by atoms with Gasteiger partial charge in [-0.1, -0.05) is 41.2 Å². The van der Waals surface area contributed by atoms with Gasteiger partial charge in [-0.3, -0.25) is 4.79 Å². The number of amides is 1. The summed E-state index contributed by atoms with van der Waals surface area (Å²) >= 11 is 0.646. The fourth-order valence-electron chi connectivity index (χ4n) is 2.68. The van der Waals surface area contributed by atoms with E-state index < -0.39 is 11.1 Å². The zero-order valence-corrected chi connectivity index (χ0v) is 14.5. The maximum Gasteiger partial charge on any atom is 0.427 e. The standard InChI is InChI=1S/C17H18F3N3OS/c1-12-2-4-13(5-3-12)10-15(24)22-6-8-23(9-7-22)16-21-11-14(25-16)17(18,19)20/h2-5,11H,6-10H2,1H3. The third-order valence-electron chi connectivity index (χ3n) is 4.15. The summed E-state index contributed by atoms with van der Waals surface area (Å²) in [6.45, 7) is 3.96. The van der Waals surface area contributed by atoms with Gasteiger partial charge in [0.25, 0.3) is 0 Å². The van der Waals surface area contributed by atoms with Gasteiger partial charge < -0.3 is 9.80 Å². The molecule has 0 saturated carbocycles. The maximum absolute atomic E-state index is 12.7. The fraction of sp³-hybridized carbons (Fsp3) is 0.412. The Morgan fingerprint density at radius 2 is 1.80 bits per heavy atom. The van der Waals surface area contributed by atoms with Gasteiger partial charge in [-0.05, 0) is 12.5 Å². The van der Waals surface area contributed by atoms with E-state index >= 15 is 0 Å². The Labute approximate surface area is 147 Å². The Morgan fingerprint density at radius 1 is 1.16 bits per heavy atom.